The number of nitrogens with zero attached hydrogens (tertiary/aromatic N) is 4. The van der Waals surface area contributed by atoms with Crippen LogP contribution in [0.4, 0.5) is 16.2 Å². The Hall–Kier alpha value is -4.05. The van der Waals surface area contributed by atoms with Gasteiger partial charge in [-0.3, -0.25) is 0 Å². The number of aromatic nitrogens is 5. The fourth-order valence-electron chi connectivity index (χ4n) is 3.26. The molecule has 9 nitrogen and oxygen atoms in total. The van der Waals surface area contributed by atoms with Crippen molar-refractivity contribution in [1.29, 1.82) is 0 Å². The number of pyridine rings is 1. The third-order valence-electron chi connectivity index (χ3n) is 4.92. The summed E-state index contributed by atoms with van der Waals surface area (Å²) in [5.74, 6) is 1.44. The normalized spacial score (nSPS) is 10.9. The van der Waals surface area contributed by atoms with E-state index in [1.807, 2.05) is 0 Å². The minimum atomic E-state index is -0.321. The van der Waals surface area contributed by atoms with Gasteiger partial charge in [0.1, 0.15) is 17.3 Å². The molecule has 4 aromatic rings. The highest BCUT2D eigenvalue weighted by atomic mass is 19.1. The van der Waals surface area contributed by atoms with E-state index >= 15 is 0 Å². The molecule has 0 saturated carbocycles. The summed E-state index contributed by atoms with van der Waals surface area (Å²) < 4.78 is 23.8. The Labute approximate surface area is 190 Å². The second kappa shape index (κ2) is 10.0. The molecule has 4 rings (SSSR count). The van der Waals surface area contributed by atoms with Crippen molar-refractivity contribution in [3.8, 4) is 39.8 Å². The van der Waals surface area contributed by atoms with E-state index in [1.165, 1.54) is 19.2 Å². The van der Waals surface area contributed by atoms with E-state index in [-0.39, 0.29) is 11.6 Å². The largest absolute Gasteiger partial charge is 0.493 e. The lowest BCUT2D eigenvalue weighted by Gasteiger charge is -2.08. The number of nitrogen functional groups attached to an aromatic ring is 1. The molecule has 3 heterocycles. The standard InChI is InChI=1S/C23H24FN7O2/c1-32-11-3-9-26-23-27-10-8-17(29-23)20-19(15-12-18(33-2)21(25)28-13-15)30-22(31-20)14-4-6-16(24)7-5-14/h4-8,10,12-13H,3,9,11H2,1-2H3,(H2,25,28)(H,30,31)(H,26,27,29). The maximum absolute atomic E-state index is 13.4. The van der Waals surface area contributed by atoms with Gasteiger partial charge in [-0.1, -0.05) is 0 Å². The number of anilines is 2. The Morgan fingerprint density at radius 2 is 1.88 bits per heavy atom. The molecule has 0 atom stereocenters. The van der Waals surface area contributed by atoms with Gasteiger partial charge in [-0.15, -0.1) is 0 Å². The van der Waals surface area contributed by atoms with Crippen LogP contribution >= 0.6 is 0 Å². The number of methoxy groups -OCH3 is 2. The summed E-state index contributed by atoms with van der Waals surface area (Å²) in [4.78, 5) is 21.2. The van der Waals surface area contributed by atoms with E-state index in [2.05, 4.69) is 25.3 Å². The lowest BCUT2D eigenvalue weighted by Crippen LogP contribution is -2.07. The molecule has 4 N–H and O–H groups in total. The van der Waals surface area contributed by atoms with Gasteiger partial charge < -0.3 is 25.5 Å². The average molecular weight is 449 g/mol. The number of nitrogens with two attached hydrogens (primary N) is 1. The molecule has 0 fully saturated rings. The third kappa shape index (κ3) is 5.07. The van der Waals surface area contributed by atoms with Crippen molar-refractivity contribution in [3.63, 3.8) is 0 Å². The summed E-state index contributed by atoms with van der Waals surface area (Å²) in [6.07, 6.45) is 4.12. The van der Waals surface area contributed by atoms with E-state index in [1.54, 1.807) is 43.8 Å². The summed E-state index contributed by atoms with van der Waals surface area (Å²) >= 11 is 0. The van der Waals surface area contributed by atoms with Crippen molar-refractivity contribution in [3.05, 3.63) is 54.6 Å². The number of hydrogen-bond acceptors (Lipinski definition) is 8. The second-order valence-corrected chi connectivity index (χ2v) is 7.17. The summed E-state index contributed by atoms with van der Waals surface area (Å²) in [7, 11) is 3.19. The molecule has 0 unspecified atom stereocenters. The summed E-state index contributed by atoms with van der Waals surface area (Å²) in [6, 6.07) is 9.64. The van der Waals surface area contributed by atoms with Crippen LogP contribution in [0.15, 0.2) is 48.8 Å². The first-order valence-corrected chi connectivity index (χ1v) is 10.3. The number of ether oxygens (including phenoxy) is 2. The number of nitrogens with one attached hydrogen (secondary N) is 2. The number of aromatic amines is 1. The first-order chi connectivity index (χ1) is 16.1. The van der Waals surface area contributed by atoms with E-state index in [9.17, 15) is 4.39 Å². The van der Waals surface area contributed by atoms with Gasteiger partial charge in [0.2, 0.25) is 5.95 Å². The zero-order valence-electron chi connectivity index (χ0n) is 18.3. The Balaban J connectivity index is 1.77. The van der Waals surface area contributed by atoms with E-state index in [0.29, 0.717) is 53.3 Å². The summed E-state index contributed by atoms with van der Waals surface area (Å²) in [5.41, 5.74) is 9.19. The van der Waals surface area contributed by atoms with Gasteiger partial charge in [0, 0.05) is 43.8 Å². The van der Waals surface area contributed by atoms with Crippen molar-refractivity contribution in [2.75, 3.05) is 38.4 Å². The zero-order valence-corrected chi connectivity index (χ0v) is 18.3. The van der Waals surface area contributed by atoms with Crippen molar-refractivity contribution < 1.29 is 13.9 Å². The molecular formula is C23H24FN7O2. The van der Waals surface area contributed by atoms with Crippen LogP contribution in [0.25, 0.3) is 34.0 Å². The summed E-state index contributed by atoms with van der Waals surface area (Å²) in [5, 5.41) is 3.19. The quantitative estimate of drug-likeness (QED) is 0.330. The number of halogens is 1. The van der Waals surface area contributed by atoms with Gasteiger partial charge in [-0.2, -0.15) is 0 Å². The molecule has 0 saturated heterocycles. The number of imidazole rings is 1. The maximum Gasteiger partial charge on any atom is 0.223 e. The van der Waals surface area contributed by atoms with Crippen LogP contribution in [0.2, 0.25) is 0 Å². The Kier molecular flexibility index (Phi) is 6.75. The van der Waals surface area contributed by atoms with Crippen LogP contribution in [0.1, 0.15) is 6.42 Å². The molecule has 10 heteroatoms. The molecule has 0 aliphatic heterocycles. The lowest BCUT2D eigenvalue weighted by atomic mass is 10.1. The van der Waals surface area contributed by atoms with E-state index < -0.39 is 0 Å². The SMILES string of the molecule is COCCCNc1nccc(-c2[nH]c(-c3ccc(F)cc3)nc2-c2cnc(N)c(OC)c2)n1. The highest BCUT2D eigenvalue weighted by Gasteiger charge is 2.18. The second-order valence-electron chi connectivity index (χ2n) is 7.17. The number of hydrogen-bond donors (Lipinski definition) is 3. The van der Waals surface area contributed by atoms with Crippen LogP contribution in [0.5, 0.6) is 5.75 Å². The highest BCUT2D eigenvalue weighted by Crippen LogP contribution is 2.34. The van der Waals surface area contributed by atoms with E-state index in [4.69, 9.17) is 20.2 Å². The molecule has 0 radical (unpaired) electrons. The van der Waals surface area contributed by atoms with Crippen LogP contribution in [-0.4, -0.2) is 52.3 Å². The molecule has 3 aromatic heterocycles. The topological polar surface area (TPSA) is 124 Å². The van der Waals surface area contributed by atoms with Gasteiger partial charge in [0.05, 0.1) is 18.5 Å². The first-order valence-electron chi connectivity index (χ1n) is 10.3. The fraction of sp³-hybridized carbons (Fsp3) is 0.217. The predicted molar refractivity (Wildman–Crippen MR) is 124 cm³/mol. The van der Waals surface area contributed by atoms with Gasteiger partial charge in [-0.25, -0.2) is 24.3 Å². The summed E-state index contributed by atoms with van der Waals surface area (Å²) in [6.45, 7) is 1.32. The zero-order chi connectivity index (χ0) is 23.2. The number of rotatable bonds is 9. The van der Waals surface area contributed by atoms with Gasteiger partial charge >= 0.3 is 0 Å². The first kappa shape index (κ1) is 22.2. The smallest absolute Gasteiger partial charge is 0.223 e. The van der Waals surface area contributed by atoms with Crippen molar-refractivity contribution >= 4 is 11.8 Å². The Morgan fingerprint density at radius 3 is 2.64 bits per heavy atom. The molecule has 0 aliphatic rings. The van der Waals surface area contributed by atoms with Crippen molar-refractivity contribution in [2.24, 2.45) is 0 Å². The molecule has 0 spiro atoms. The van der Waals surface area contributed by atoms with Crippen molar-refractivity contribution in [1.82, 2.24) is 24.9 Å². The lowest BCUT2D eigenvalue weighted by molar-refractivity contribution is 0.197. The molecular weight excluding hydrogens is 425 g/mol. The molecule has 0 aliphatic carbocycles. The van der Waals surface area contributed by atoms with Crippen LogP contribution in [0, 0.1) is 5.82 Å². The fourth-order valence-corrected chi connectivity index (χ4v) is 3.26. The Morgan fingerprint density at radius 1 is 1.06 bits per heavy atom. The minimum Gasteiger partial charge on any atom is -0.493 e. The van der Waals surface area contributed by atoms with Gasteiger partial charge in [0.15, 0.2) is 11.6 Å². The van der Waals surface area contributed by atoms with E-state index in [0.717, 1.165) is 12.0 Å². The molecule has 33 heavy (non-hydrogen) atoms. The molecule has 0 bridgehead atoms. The predicted octanol–water partition coefficient (Wildman–Crippen LogP) is 3.77. The minimum absolute atomic E-state index is 0.279. The molecule has 1 aromatic carbocycles. The Bertz CT molecular complexity index is 1230. The van der Waals surface area contributed by atoms with Crippen LogP contribution in [0.3, 0.4) is 0 Å². The molecule has 170 valence electrons. The molecule has 0 amide bonds. The van der Waals surface area contributed by atoms with Gasteiger partial charge in [0.25, 0.3) is 0 Å². The maximum atomic E-state index is 13.4. The third-order valence-corrected chi connectivity index (χ3v) is 4.92. The number of H-pyrrole nitrogens is 1. The van der Waals surface area contributed by atoms with Crippen LogP contribution in [-0.2, 0) is 4.74 Å². The van der Waals surface area contributed by atoms with Crippen molar-refractivity contribution in [2.45, 2.75) is 6.42 Å². The number of benzene rings is 1. The monoisotopic (exact) mass is 449 g/mol. The average Bonchev–Trinajstić information content (AvgIpc) is 3.28. The van der Waals surface area contributed by atoms with Gasteiger partial charge in [-0.05, 0) is 42.8 Å². The highest BCUT2D eigenvalue weighted by molar-refractivity contribution is 5.80. The van der Waals surface area contributed by atoms with Crippen LogP contribution < -0.4 is 15.8 Å².